The fourth-order valence-electron chi connectivity index (χ4n) is 0. The van der Waals surface area contributed by atoms with E-state index >= 15 is 0 Å². The van der Waals surface area contributed by atoms with Gasteiger partial charge in [-0.3, -0.25) is 0 Å². The van der Waals surface area contributed by atoms with Crippen LogP contribution in [-0.4, -0.2) is 0 Å². The Kier molecular flexibility index (Phi) is 436. The van der Waals surface area contributed by atoms with Gasteiger partial charge in [0.15, 0.2) is 0 Å². The Labute approximate surface area is 96.9 Å². The molecule has 1 radical (unpaired) electrons. The van der Waals surface area contributed by atoms with Gasteiger partial charge in [-0.1, -0.05) is 0 Å². The maximum atomic E-state index is 6.25. The van der Waals surface area contributed by atoms with E-state index in [4.69, 9.17) is 23.7 Å². The quantitative estimate of drug-likeness (QED) is 0.315. The standard InChI is InChI=1S/2CN.Ag.K.H/c2*1-2;;;/q2*-1;;+1;-1. The Morgan fingerprint density at radius 1 is 1.00 bits per heavy atom. The van der Waals surface area contributed by atoms with Gasteiger partial charge in [0.2, 0.25) is 0 Å². The molecule has 0 fully saturated rings. The van der Waals surface area contributed by atoms with Crippen LogP contribution in [0.4, 0.5) is 0 Å². The smallest absolute Gasteiger partial charge is 1.00 e. The molecular weight excluding hydrogens is 199 g/mol. The van der Waals surface area contributed by atoms with Crippen molar-refractivity contribution in [3.63, 3.8) is 0 Å². The molecule has 0 aromatic heterocycles. The fraction of sp³-hybridized carbons (Fsp3) is 0. The normalized spacial score (nSPS) is 0.667. The van der Waals surface area contributed by atoms with E-state index in [0.717, 1.165) is 0 Å². The molecular formula is C2HAgKN2-2. The molecule has 2 nitrogen and oxygen atoms in total. The first-order valence-corrected chi connectivity index (χ1v) is 0.447. The van der Waals surface area contributed by atoms with Crippen molar-refractivity contribution in [2.45, 2.75) is 0 Å². The molecule has 33 valence electrons. The zero-order valence-corrected chi connectivity index (χ0v) is 7.80. The minimum atomic E-state index is 0. The van der Waals surface area contributed by atoms with Crippen LogP contribution in [0.25, 0.3) is 0 Å². The summed E-state index contributed by atoms with van der Waals surface area (Å²) in [5, 5.41) is 12.5. The van der Waals surface area contributed by atoms with Gasteiger partial charge in [0, 0.05) is 22.4 Å². The molecule has 0 saturated carbocycles. The van der Waals surface area contributed by atoms with Crippen molar-refractivity contribution in [2.24, 2.45) is 0 Å². The van der Waals surface area contributed by atoms with E-state index < -0.39 is 0 Å². The second-order valence-corrected chi connectivity index (χ2v) is 0. The Hall–Kier alpha value is 1.36. The van der Waals surface area contributed by atoms with Gasteiger partial charge in [0.05, 0.1) is 0 Å². The second-order valence-electron chi connectivity index (χ2n) is 0. The first-order valence-electron chi connectivity index (χ1n) is 0.447. The molecule has 6 heavy (non-hydrogen) atoms. The van der Waals surface area contributed by atoms with E-state index in [-0.39, 0.29) is 75.2 Å². The molecule has 0 aliphatic carbocycles. The summed E-state index contributed by atoms with van der Waals surface area (Å²) in [5.41, 5.74) is 0. The van der Waals surface area contributed by atoms with Crippen LogP contribution in [-0.2, 0) is 22.4 Å². The van der Waals surface area contributed by atoms with Crippen molar-refractivity contribution in [1.82, 2.24) is 0 Å². The van der Waals surface area contributed by atoms with Gasteiger partial charge in [-0.2, -0.15) is 0 Å². The molecule has 0 rings (SSSR count). The van der Waals surface area contributed by atoms with Crippen molar-refractivity contribution in [1.29, 1.82) is 10.5 Å². The molecule has 0 aliphatic heterocycles. The molecule has 0 spiro atoms. The predicted molar refractivity (Wildman–Crippen MR) is 11.0 cm³/mol. The maximum absolute atomic E-state index is 6.25. The first-order chi connectivity index (χ1) is 2.00. The van der Waals surface area contributed by atoms with E-state index in [2.05, 4.69) is 0 Å². The molecule has 4 heteroatoms. The van der Waals surface area contributed by atoms with E-state index in [1.165, 1.54) is 0 Å². The second kappa shape index (κ2) is 99.1. The topological polar surface area (TPSA) is 47.6 Å². The molecule has 0 bridgehead atoms. The Balaban J connectivity index is -0.00000000267. The van der Waals surface area contributed by atoms with Crippen molar-refractivity contribution >= 4 is 0 Å². The van der Waals surface area contributed by atoms with Gasteiger partial charge in [-0.05, 0) is 0 Å². The van der Waals surface area contributed by atoms with E-state index in [1.807, 2.05) is 0 Å². The Morgan fingerprint density at radius 2 is 1.00 bits per heavy atom. The average molecular weight is 200 g/mol. The van der Waals surface area contributed by atoms with Crippen molar-refractivity contribution in [3.05, 3.63) is 13.1 Å². The molecule has 0 aliphatic rings. The summed E-state index contributed by atoms with van der Waals surface area (Å²) in [7, 11) is 0. The molecule has 0 unspecified atom stereocenters. The summed E-state index contributed by atoms with van der Waals surface area (Å²) in [6.45, 7) is 9.50. The Morgan fingerprint density at radius 3 is 1.00 bits per heavy atom. The third-order valence-corrected chi connectivity index (χ3v) is 0. The largest absolute Gasteiger partial charge is 1.00 e. The van der Waals surface area contributed by atoms with E-state index in [0.29, 0.717) is 0 Å². The van der Waals surface area contributed by atoms with Crippen LogP contribution >= 0.6 is 0 Å². The molecule has 0 aromatic rings. The maximum Gasteiger partial charge on any atom is 1.00 e. The summed E-state index contributed by atoms with van der Waals surface area (Å²) in [6, 6.07) is 0. The predicted octanol–water partition coefficient (Wildman–Crippen LogP) is -2.69. The summed E-state index contributed by atoms with van der Waals surface area (Å²) >= 11 is 0. The number of nitrogens with zero attached hydrogens (tertiary/aromatic N) is 2. The summed E-state index contributed by atoms with van der Waals surface area (Å²) in [5.74, 6) is 0. The van der Waals surface area contributed by atoms with Gasteiger partial charge in [-0.15, -0.1) is 0 Å². The molecule has 0 heterocycles. The molecule has 0 amide bonds. The van der Waals surface area contributed by atoms with E-state index in [1.54, 1.807) is 0 Å². The molecule has 0 saturated heterocycles. The molecule has 0 aromatic carbocycles. The van der Waals surface area contributed by atoms with E-state index in [9.17, 15) is 0 Å². The van der Waals surface area contributed by atoms with Crippen LogP contribution < -0.4 is 51.4 Å². The van der Waals surface area contributed by atoms with Gasteiger partial charge in [0.1, 0.15) is 0 Å². The zero-order valence-electron chi connectivity index (χ0n) is 4.20. The first kappa shape index (κ1) is 26.4. The van der Waals surface area contributed by atoms with Crippen LogP contribution in [0, 0.1) is 23.7 Å². The van der Waals surface area contributed by atoms with Crippen LogP contribution in [0.15, 0.2) is 0 Å². The van der Waals surface area contributed by atoms with Gasteiger partial charge >= 0.3 is 51.4 Å². The minimum absolute atomic E-state index is 0. The summed E-state index contributed by atoms with van der Waals surface area (Å²) in [4.78, 5) is 0. The average Bonchev–Trinajstić information content (AvgIpc) is 1.50. The van der Waals surface area contributed by atoms with Crippen LogP contribution in [0.3, 0.4) is 0 Å². The third-order valence-electron chi connectivity index (χ3n) is 0. The monoisotopic (exact) mass is 199 g/mol. The Bertz CT molecular complexity index is 31.2. The van der Waals surface area contributed by atoms with Crippen LogP contribution in [0.1, 0.15) is 1.43 Å². The van der Waals surface area contributed by atoms with Crippen molar-refractivity contribution in [3.8, 4) is 0 Å². The minimum Gasteiger partial charge on any atom is -1.00 e. The fourth-order valence-corrected chi connectivity index (χ4v) is 0. The van der Waals surface area contributed by atoms with Crippen molar-refractivity contribution in [2.75, 3.05) is 0 Å². The number of hydrogen-bond acceptors (Lipinski definition) is 2. The van der Waals surface area contributed by atoms with Crippen LogP contribution in [0.5, 0.6) is 0 Å². The number of rotatable bonds is 0. The number of hydrogen-bond donors (Lipinski definition) is 0. The van der Waals surface area contributed by atoms with Gasteiger partial charge < -0.3 is 25.1 Å². The molecule has 0 N–H and O–H groups in total. The van der Waals surface area contributed by atoms with Crippen LogP contribution in [0.2, 0.25) is 0 Å². The molecule has 0 atom stereocenters. The zero-order chi connectivity index (χ0) is 4.00. The van der Waals surface area contributed by atoms with Gasteiger partial charge in [0.25, 0.3) is 0 Å². The third kappa shape index (κ3) is 55.2. The van der Waals surface area contributed by atoms with Gasteiger partial charge in [-0.25, -0.2) is 0 Å². The summed E-state index contributed by atoms with van der Waals surface area (Å²) in [6.07, 6.45) is 0. The SMILES string of the molecule is [Ag].[C-]#N.[C-]#N.[H-].[K+]. The van der Waals surface area contributed by atoms with Crippen molar-refractivity contribution < 1.29 is 75.2 Å². The summed E-state index contributed by atoms with van der Waals surface area (Å²) < 4.78 is 0.